The summed E-state index contributed by atoms with van der Waals surface area (Å²) in [4.78, 5) is 84.2. The lowest BCUT2D eigenvalue weighted by Gasteiger charge is -2.33. The van der Waals surface area contributed by atoms with Crippen molar-refractivity contribution in [1.82, 2.24) is 25.8 Å². The molecule has 3 rings (SSSR count). The summed E-state index contributed by atoms with van der Waals surface area (Å²) in [5.74, 6) is -2.00. The van der Waals surface area contributed by atoms with E-state index in [1.54, 1.807) is 9.80 Å². The van der Waals surface area contributed by atoms with Crippen LogP contribution in [-0.2, 0) is 33.5 Å². The number of hydrogen-bond donors (Lipinski definition) is 4. The largest absolute Gasteiger partial charge is 0.467 e. The van der Waals surface area contributed by atoms with Crippen molar-refractivity contribution in [3.63, 3.8) is 0 Å². The first-order chi connectivity index (χ1) is 25.0. The third kappa shape index (κ3) is 14.0. The summed E-state index contributed by atoms with van der Waals surface area (Å²) < 4.78 is 4.97. The van der Waals surface area contributed by atoms with E-state index in [2.05, 4.69) is 16.0 Å². The average molecular weight is 770 g/mol. The van der Waals surface area contributed by atoms with Crippen molar-refractivity contribution in [1.29, 1.82) is 0 Å². The Bertz CT molecular complexity index is 1190. The SMILES string of the molecule is CCC(O)CCCCCCCCCCC(=O)N[C@H]1CSSC[C@@H](C(=O)OC)NC(=O)[C@H](CC(C)C)NC(=O)[C@@H]2CCCN2C(=O)[C@@H]2CCCN2C1=O. The number of methoxy groups -OCH3 is 1. The summed E-state index contributed by atoms with van der Waals surface area (Å²) >= 11 is 0. The Morgan fingerprint density at radius 3 is 2.08 bits per heavy atom. The molecule has 3 aliphatic rings. The number of carbonyl (C=O) groups excluding carboxylic acids is 6. The molecule has 4 N–H and O–H groups in total. The van der Waals surface area contributed by atoms with Crippen LogP contribution in [0, 0.1) is 5.92 Å². The Kier molecular flexibility index (Phi) is 19.7. The number of carbonyl (C=O) groups is 6. The maximum Gasteiger partial charge on any atom is 0.329 e. The topological polar surface area (TPSA) is 174 Å². The van der Waals surface area contributed by atoms with E-state index in [1.807, 2.05) is 20.8 Å². The smallest absolute Gasteiger partial charge is 0.329 e. The van der Waals surface area contributed by atoms with Gasteiger partial charge in [0.25, 0.3) is 0 Å². The summed E-state index contributed by atoms with van der Waals surface area (Å²) in [6.45, 7) is 6.62. The van der Waals surface area contributed by atoms with E-state index in [4.69, 9.17) is 4.74 Å². The highest BCUT2D eigenvalue weighted by Gasteiger charge is 2.44. The Morgan fingerprint density at radius 2 is 1.44 bits per heavy atom. The molecular weight excluding hydrogens is 707 g/mol. The predicted molar refractivity (Wildman–Crippen MR) is 204 cm³/mol. The number of esters is 1. The molecule has 3 heterocycles. The number of rotatable bonds is 16. The molecule has 0 aromatic carbocycles. The van der Waals surface area contributed by atoms with Gasteiger partial charge in [0.2, 0.25) is 29.5 Å². The van der Waals surface area contributed by atoms with E-state index in [9.17, 15) is 33.9 Å². The Morgan fingerprint density at radius 1 is 0.846 bits per heavy atom. The highest BCUT2D eigenvalue weighted by atomic mass is 33.1. The molecule has 0 spiro atoms. The maximum atomic E-state index is 14.1. The molecule has 296 valence electrons. The van der Waals surface area contributed by atoms with Gasteiger partial charge in [0, 0.05) is 31.0 Å². The van der Waals surface area contributed by atoms with Crippen molar-refractivity contribution in [3.8, 4) is 0 Å². The molecule has 5 amide bonds. The zero-order chi connectivity index (χ0) is 38.0. The third-order valence-electron chi connectivity index (χ3n) is 10.2. The molecular formula is C37H63N5O8S2. The zero-order valence-electron chi connectivity index (χ0n) is 31.7. The molecule has 3 aliphatic heterocycles. The van der Waals surface area contributed by atoms with Gasteiger partial charge in [-0.1, -0.05) is 87.3 Å². The molecule has 3 saturated heterocycles. The van der Waals surface area contributed by atoms with E-state index in [0.717, 1.165) is 57.8 Å². The second-order valence-corrected chi connectivity index (χ2v) is 17.3. The summed E-state index contributed by atoms with van der Waals surface area (Å²) in [5, 5.41) is 18.2. The highest BCUT2D eigenvalue weighted by Crippen LogP contribution is 2.29. The lowest BCUT2D eigenvalue weighted by Crippen LogP contribution is -2.58. The van der Waals surface area contributed by atoms with Crippen LogP contribution in [0.3, 0.4) is 0 Å². The lowest BCUT2D eigenvalue weighted by molar-refractivity contribution is -0.148. The van der Waals surface area contributed by atoms with Gasteiger partial charge in [-0.05, 0) is 57.3 Å². The van der Waals surface area contributed by atoms with Gasteiger partial charge in [0.05, 0.1) is 13.2 Å². The molecule has 15 heteroatoms. The fourth-order valence-corrected chi connectivity index (χ4v) is 9.44. The molecule has 0 aromatic heterocycles. The van der Waals surface area contributed by atoms with E-state index in [1.165, 1.54) is 28.7 Å². The molecule has 0 aromatic rings. The molecule has 3 fully saturated rings. The Hall–Kier alpha value is -2.52. The fraction of sp³-hybridized carbons (Fsp3) is 0.838. The van der Waals surface area contributed by atoms with Crippen molar-refractivity contribution in [2.24, 2.45) is 5.92 Å². The standard InChI is InChI=1S/C37H63N5O8S2/c1-5-26(43)16-12-10-8-6-7-9-11-13-19-32(44)38-28-23-51-52-24-29(37(49)50-4)40-33(45)27(22-25(2)3)39-34(46)30-17-14-20-41(30)36(48)31-18-15-21-42(31)35(28)47/h25-31,43H,5-24H2,1-4H3,(H,38,44)(H,39,46)(H,40,45)/t26?,27-,28-,29-,30-,31-/m0/s1. The van der Waals surface area contributed by atoms with Crippen LogP contribution in [0.15, 0.2) is 0 Å². The molecule has 52 heavy (non-hydrogen) atoms. The molecule has 0 aliphatic carbocycles. The van der Waals surface area contributed by atoms with E-state index < -0.39 is 48.0 Å². The molecule has 1 unspecified atom stereocenters. The number of unbranched alkanes of at least 4 members (excludes halogenated alkanes) is 7. The van der Waals surface area contributed by atoms with Gasteiger partial charge in [-0.25, -0.2) is 4.79 Å². The van der Waals surface area contributed by atoms with Crippen molar-refractivity contribution < 1.29 is 38.6 Å². The Labute approximate surface area is 318 Å². The predicted octanol–water partition coefficient (Wildman–Crippen LogP) is 3.71. The minimum absolute atomic E-state index is 0.0605. The maximum absolute atomic E-state index is 14.1. The van der Waals surface area contributed by atoms with Crippen LogP contribution in [0.25, 0.3) is 0 Å². The normalized spacial score (nSPS) is 25.6. The quantitative estimate of drug-likeness (QED) is 0.103. The summed E-state index contributed by atoms with van der Waals surface area (Å²) in [5.41, 5.74) is 0. The van der Waals surface area contributed by atoms with Gasteiger partial charge >= 0.3 is 5.97 Å². The number of hydrogen-bond acceptors (Lipinski definition) is 10. The zero-order valence-corrected chi connectivity index (χ0v) is 33.3. The number of aliphatic hydroxyl groups is 1. The van der Waals surface area contributed by atoms with Crippen LogP contribution in [0.1, 0.15) is 124 Å². The van der Waals surface area contributed by atoms with E-state index in [0.29, 0.717) is 51.6 Å². The second kappa shape index (κ2) is 23.3. The lowest BCUT2D eigenvalue weighted by atomic mass is 10.0. The van der Waals surface area contributed by atoms with Crippen molar-refractivity contribution in [3.05, 3.63) is 0 Å². The van der Waals surface area contributed by atoms with Crippen LogP contribution in [0.5, 0.6) is 0 Å². The van der Waals surface area contributed by atoms with Gasteiger partial charge < -0.3 is 35.6 Å². The number of amides is 5. The summed E-state index contributed by atoms with van der Waals surface area (Å²) in [6.07, 6.45) is 12.5. The van der Waals surface area contributed by atoms with E-state index >= 15 is 0 Å². The van der Waals surface area contributed by atoms with Crippen molar-refractivity contribution in [2.45, 2.75) is 160 Å². The first-order valence-corrected chi connectivity index (χ1v) is 22.0. The fourth-order valence-electron chi connectivity index (χ4n) is 7.14. The second-order valence-electron chi connectivity index (χ2n) is 14.8. The van der Waals surface area contributed by atoms with Crippen LogP contribution >= 0.6 is 21.6 Å². The summed E-state index contributed by atoms with van der Waals surface area (Å²) in [6, 6.07) is -4.31. The monoisotopic (exact) mass is 769 g/mol. The molecule has 0 radical (unpaired) electrons. The van der Waals surface area contributed by atoms with Gasteiger partial charge in [-0.15, -0.1) is 0 Å². The third-order valence-corrected chi connectivity index (χ3v) is 12.6. The first-order valence-electron chi connectivity index (χ1n) is 19.5. The van der Waals surface area contributed by atoms with Crippen LogP contribution in [-0.4, -0.2) is 118 Å². The van der Waals surface area contributed by atoms with Crippen molar-refractivity contribution >= 4 is 57.1 Å². The number of aliphatic hydroxyl groups excluding tert-OH is 1. The van der Waals surface area contributed by atoms with Crippen LogP contribution in [0.4, 0.5) is 0 Å². The van der Waals surface area contributed by atoms with Crippen molar-refractivity contribution in [2.75, 3.05) is 31.7 Å². The minimum atomic E-state index is -0.998. The number of ether oxygens (including phenoxy) is 1. The van der Waals surface area contributed by atoms with Gasteiger partial charge in [0.1, 0.15) is 30.2 Å². The molecule has 13 nitrogen and oxygen atoms in total. The average Bonchev–Trinajstić information content (AvgIpc) is 3.82. The van der Waals surface area contributed by atoms with Crippen LogP contribution in [0.2, 0.25) is 0 Å². The van der Waals surface area contributed by atoms with E-state index in [-0.39, 0.29) is 47.7 Å². The molecule has 6 atom stereocenters. The number of nitrogens with zero attached hydrogens (tertiary/aromatic N) is 2. The van der Waals surface area contributed by atoms with Gasteiger partial charge in [-0.3, -0.25) is 24.0 Å². The number of nitrogens with one attached hydrogen (secondary N) is 3. The first kappa shape index (κ1) is 43.9. The number of fused-ring (bicyclic) bond motifs is 2. The summed E-state index contributed by atoms with van der Waals surface area (Å²) in [7, 11) is 3.82. The minimum Gasteiger partial charge on any atom is -0.467 e. The highest BCUT2D eigenvalue weighted by molar-refractivity contribution is 8.76. The van der Waals surface area contributed by atoms with Gasteiger partial charge in [0.15, 0.2) is 0 Å². The van der Waals surface area contributed by atoms with Gasteiger partial charge in [-0.2, -0.15) is 0 Å². The van der Waals surface area contributed by atoms with Crippen LogP contribution < -0.4 is 16.0 Å². The molecule has 0 saturated carbocycles. The Balaban J connectivity index is 1.68. The molecule has 0 bridgehead atoms.